The van der Waals surface area contributed by atoms with Gasteiger partial charge in [-0.3, -0.25) is 4.79 Å². The number of hydrogen-bond acceptors (Lipinski definition) is 2. The molecule has 6 heteroatoms. The largest absolute Gasteiger partial charge is 0.338 e. The SMILES string of the molecule is CC(C)NC(=O)NC1CCN(C(=O)c2cccc(F)c2)CC1. The molecular weight excluding hydrogens is 285 g/mol. The molecule has 1 aromatic rings. The van der Waals surface area contributed by atoms with E-state index < -0.39 is 5.82 Å². The van der Waals surface area contributed by atoms with Crippen LogP contribution in [0.5, 0.6) is 0 Å². The molecule has 1 aliphatic heterocycles. The molecule has 0 bridgehead atoms. The van der Waals surface area contributed by atoms with Gasteiger partial charge in [0.25, 0.3) is 5.91 Å². The molecule has 3 amide bonds. The molecule has 1 aromatic carbocycles. The highest BCUT2D eigenvalue weighted by Gasteiger charge is 2.24. The van der Waals surface area contributed by atoms with Crippen molar-refractivity contribution in [3.05, 3.63) is 35.6 Å². The second-order valence-corrected chi connectivity index (χ2v) is 5.85. The molecule has 0 atom stereocenters. The predicted octanol–water partition coefficient (Wildman–Crippen LogP) is 2.14. The minimum atomic E-state index is -0.409. The maximum absolute atomic E-state index is 13.2. The lowest BCUT2D eigenvalue weighted by molar-refractivity contribution is 0.0708. The molecular formula is C16H22FN3O2. The van der Waals surface area contributed by atoms with Crippen LogP contribution in [0, 0.1) is 5.82 Å². The van der Waals surface area contributed by atoms with E-state index in [1.165, 1.54) is 18.2 Å². The zero-order valence-electron chi connectivity index (χ0n) is 12.9. The standard InChI is InChI=1S/C16H22FN3O2/c1-11(2)18-16(22)19-14-6-8-20(9-7-14)15(21)12-4-3-5-13(17)10-12/h3-5,10-11,14H,6-9H2,1-2H3,(H2,18,19,22). The highest BCUT2D eigenvalue weighted by molar-refractivity contribution is 5.94. The van der Waals surface area contributed by atoms with Crippen molar-refractivity contribution < 1.29 is 14.0 Å². The van der Waals surface area contributed by atoms with Crippen LogP contribution < -0.4 is 10.6 Å². The zero-order valence-corrected chi connectivity index (χ0v) is 12.9. The Hall–Kier alpha value is -2.11. The third kappa shape index (κ3) is 4.44. The number of piperidine rings is 1. The van der Waals surface area contributed by atoms with E-state index in [0.29, 0.717) is 31.5 Å². The smallest absolute Gasteiger partial charge is 0.315 e. The van der Waals surface area contributed by atoms with Gasteiger partial charge in [0.2, 0.25) is 0 Å². The van der Waals surface area contributed by atoms with Crippen LogP contribution in [0.1, 0.15) is 37.0 Å². The van der Waals surface area contributed by atoms with Gasteiger partial charge in [-0.1, -0.05) is 6.07 Å². The molecule has 0 unspecified atom stereocenters. The number of hydrogen-bond donors (Lipinski definition) is 2. The minimum Gasteiger partial charge on any atom is -0.338 e. The van der Waals surface area contributed by atoms with Gasteiger partial charge in [0.05, 0.1) is 0 Å². The van der Waals surface area contributed by atoms with Crippen molar-refractivity contribution >= 4 is 11.9 Å². The summed E-state index contributed by atoms with van der Waals surface area (Å²) < 4.78 is 13.2. The molecule has 0 spiro atoms. The van der Waals surface area contributed by atoms with Crippen molar-refractivity contribution in [2.24, 2.45) is 0 Å². The van der Waals surface area contributed by atoms with Gasteiger partial charge in [-0.2, -0.15) is 0 Å². The van der Waals surface area contributed by atoms with Gasteiger partial charge in [-0.05, 0) is 44.9 Å². The van der Waals surface area contributed by atoms with Crippen LogP contribution in [-0.4, -0.2) is 42.0 Å². The summed E-state index contributed by atoms with van der Waals surface area (Å²) in [5.74, 6) is -0.572. The third-order valence-electron chi connectivity index (χ3n) is 3.61. The van der Waals surface area contributed by atoms with Crippen molar-refractivity contribution in [3.63, 3.8) is 0 Å². The Morgan fingerprint density at radius 3 is 2.55 bits per heavy atom. The van der Waals surface area contributed by atoms with Crippen molar-refractivity contribution in [1.82, 2.24) is 15.5 Å². The summed E-state index contributed by atoms with van der Waals surface area (Å²) in [5.41, 5.74) is 0.365. The highest BCUT2D eigenvalue weighted by Crippen LogP contribution is 2.14. The molecule has 2 N–H and O–H groups in total. The Morgan fingerprint density at radius 2 is 1.95 bits per heavy atom. The second kappa shape index (κ2) is 7.24. The molecule has 120 valence electrons. The Bertz CT molecular complexity index is 540. The fraction of sp³-hybridized carbons (Fsp3) is 0.500. The lowest BCUT2D eigenvalue weighted by Gasteiger charge is -2.32. The molecule has 0 radical (unpaired) electrons. The molecule has 1 aliphatic rings. The van der Waals surface area contributed by atoms with Crippen LogP contribution in [0.4, 0.5) is 9.18 Å². The lowest BCUT2D eigenvalue weighted by atomic mass is 10.0. The lowest BCUT2D eigenvalue weighted by Crippen LogP contribution is -2.50. The Balaban J connectivity index is 1.84. The third-order valence-corrected chi connectivity index (χ3v) is 3.61. The van der Waals surface area contributed by atoms with E-state index in [4.69, 9.17) is 0 Å². The first-order valence-electron chi connectivity index (χ1n) is 7.57. The van der Waals surface area contributed by atoms with Crippen LogP contribution in [0.2, 0.25) is 0 Å². The van der Waals surface area contributed by atoms with Crippen molar-refractivity contribution in [2.75, 3.05) is 13.1 Å². The minimum absolute atomic E-state index is 0.0651. The number of halogens is 1. The van der Waals surface area contributed by atoms with Gasteiger partial charge in [0.1, 0.15) is 5.82 Å². The van der Waals surface area contributed by atoms with E-state index in [-0.39, 0.29) is 24.0 Å². The Kier molecular flexibility index (Phi) is 5.35. The number of benzene rings is 1. The summed E-state index contributed by atoms with van der Waals surface area (Å²) in [6.07, 6.45) is 1.40. The molecule has 0 saturated carbocycles. The molecule has 1 saturated heterocycles. The van der Waals surface area contributed by atoms with E-state index in [1.54, 1.807) is 11.0 Å². The monoisotopic (exact) mass is 307 g/mol. The van der Waals surface area contributed by atoms with E-state index in [0.717, 1.165) is 0 Å². The quantitative estimate of drug-likeness (QED) is 0.899. The number of urea groups is 1. The van der Waals surface area contributed by atoms with Gasteiger partial charge < -0.3 is 15.5 Å². The zero-order chi connectivity index (χ0) is 16.1. The van der Waals surface area contributed by atoms with Crippen molar-refractivity contribution in [2.45, 2.75) is 38.8 Å². The molecule has 0 aliphatic carbocycles. The summed E-state index contributed by atoms with van der Waals surface area (Å²) in [5, 5.41) is 5.69. The summed E-state index contributed by atoms with van der Waals surface area (Å²) >= 11 is 0. The number of nitrogens with one attached hydrogen (secondary N) is 2. The summed E-state index contributed by atoms with van der Waals surface area (Å²) in [4.78, 5) is 25.6. The number of amides is 3. The summed E-state index contributed by atoms with van der Waals surface area (Å²) in [6.45, 7) is 4.92. The first kappa shape index (κ1) is 16.3. The van der Waals surface area contributed by atoms with Gasteiger partial charge in [-0.15, -0.1) is 0 Å². The predicted molar refractivity (Wildman–Crippen MR) is 82.1 cm³/mol. The van der Waals surface area contributed by atoms with E-state index in [2.05, 4.69) is 10.6 Å². The normalized spacial score (nSPS) is 15.7. The Morgan fingerprint density at radius 1 is 1.27 bits per heavy atom. The van der Waals surface area contributed by atoms with Crippen LogP contribution in [0.15, 0.2) is 24.3 Å². The van der Waals surface area contributed by atoms with Crippen LogP contribution in [0.25, 0.3) is 0 Å². The first-order valence-corrected chi connectivity index (χ1v) is 7.57. The van der Waals surface area contributed by atoms with Crippen molar-refractivity contribution in [1.29, 1.82) is 0 Å². The number of carbonyl (C=O) groups is 2. The van der Waals surface area contributed by atoms with Gasteiger partial charge >= 0.3 is 6.03 Å². The molecule has 5 nitrogen and oxygen atoms in total. The van der Waals surface area contributed by atoms with Crippen LogP contribution in [-0.2, 0) is 0 Å². The maximum Gasteiger partial charge on any atom is 0.315 e. The van der Waals surface area contributed by atoms with Gasteiger partial charge in [0.15, 0.2) is 0 Å². The fourth-order valence-electron chi connectivity index (χ4n) is 2.52. The van der Waals surface area contributed by atoms with Crippen LogP contribution >= 0.6 is 0 Å². The molecule has 2 rings (SSSR count). The van der Waals surface area contributed by atoms with Gasteiger partial charge in [0, 0.05) is 30.7 Å². The Labute approximate surface area is 129 Å². The summed E-state index contributed by atoms with van der Waals surface area (Å²) in [7, 11) is 0. The fourth-order valence-corrected chi connectivity index (χ4v) is 2.52. The number of nitrogens with zero attached hydrogens (tertiary/aromatic N) is 1. The van der Waals surface area contributed by atoms with Crippen LogP contribution in [0.3, 0.4) is 0 Å². The average molecular weight is 307 g/mol. The van der Waals surface area contributed by atoms with E-state index in [1.807, 2.05) is 13.8 Å². The van der Waals surface area contributed by atoms with Gasteiger partial charge in [-0.25, -0.2) is 9.18 Å². The molecule has 1 heterocycles. The molecule has 22 heavy (non-hydrogen) atoms. The molecule has 1 fully saturated rings. The second-order valence-electron chi connectivity index (χ2n) is 5.85. The number of likely N-dealkylation sites (tertiary alicyclic amines) is 1. The summed E-state index contributed by atoms with van der Waals surface area (Å²) in [6, 6.07) is 5.71. The van der Waals surface area contributed by atoms with Crippen molar-refractivity contribution in [3.8, 4) is 0 Å². The number of rotatable bonds is 3. The van der Waals surface area contributed by atoms with E-state index >= 15 is 0 Å². The number of carbonyl (C=O) groups excluding carboxylic acids is 2. The highest BCUT2D eigenvalue weighted by atomic mass is 19.1. The maximum atomic E-state index is 13.2. The average Bonchev–Trinajstić information content (AvgIpc) is 2.46. The van der Waals surface area contributed by atoms with E-state index in [9.17, 15) is 14.0 Å². The topological polar surface area (TPSA) is 61.4 Å². The molecule has 0 aromatic heterocycles. The first-order chi connectivity index (χ1) is 10.5.